The monoisotopic (exact) mass is 595 g/mol. The molecule has 2 unspecified atom stereocenters. The maximum Gasteiger partial charge on any atom is 0.410 e. The molecular formula is C33H37N7O2S. The van der Waals surface area contributed by atoms with Crippen molar-refractivity contribution in [2.24, 2.45) is 0 Å². The lowest BCUT2D eigenvalue weighted by atomic mass is 10.1. The number of thiazole rings is 1. The molecule has 9 nitrogen and oxygen atoms in total. The fourth-order valence-corrected chi connectivity index (χ4v) is 7.17. The third kappa shape index (κ3) is 5.57. The number of carbonyl (C=O) groups is 1. The molecule has 7 rings (SSSR count). The highest BCUT2D eigenvalue weighted by Gasteiger charge is 2.35. The van der Waals surface area contributed by atoms with Crippen LogP contribution in [0.25, 0.3) is 43.3 Å². The summed E-state index contributed by atoms with van der Waals surface area (Å²) in [6.45, 7) is 7.47. The zero-order valence-electron chi connectivity index (χ0n) is 25.1. The first-order valence-corrected chi connectivity index (χ1v) is 15.8. The Morgan fingerprint density at radius 2 is 1.51 bits per heavy atom. The van der Waals surface area contributed by atoms with E-state index < -0.39 is 5.60 Å². The number of aromatic nitrogens is 5. The van der Waals surface area contributed by atoms with Crippen LogP contribution in [0.4, 0.5) is 4.79 Å². The summed E-state index contributed by atoms with van der Waals surface area (Å²) in [5.74, 6) is 1.84. The zero-order chi connectivity index (χ0) is 29.7. The molecule has 0 saturated carbocycles. The van der Waals surface area contributed by atoms with Gasteiger partial charge in [-0.15, -0.1) is 11.3 Å². The van der Waals surface area contributed by atoms with Crippen LogP contribution in [-0.4, -0.2) is 66.6 Å². The van der Waals surface area contributed by atoms with Crippen molar-refractivity contribution in [1.29, 1.82) is 0 Å². The minimum atomic E-state index is -0.528. The minimum absolute atomic E-state index is 0.109. The highest BCUT2D eigenvalue weighted by Crippen LogP contribution is 2.36. The summed E-state index contributed by atoms with van der Waals surface area (Å²) in [6.07, 6.45) is 7.67. The number of nitrogens with zero attached hydrogens (tertiary/aromatic N) is 5. The molecule has 0 spiro atoms. The van der Waals surface area contributed by atoms with Gasteiger partial charge in [0.05, 0.1) is 46.1 Å². The van der Waals surface area contributed by atoms with E-state index in [1.54, 1.807) is 16.2 Å². The Hall–Kier alpha value is -4.02. The summed E-state index contributed by atoms with van der Waals surface area (Å²) in [7, 11) is 2.17. The van der Waals surface area contributed by atoms with Crippen LogP contribution in [0.1, 0.15) is 70.2 Å². The summed E-state index contributed by atoms with van der Waals surface area (Å²) >= 11 is 1.68. The second-order valence-corrected chi connectivity index (χ2v) is 13.6. The molecule has 2 atom stereocenters. The molecule has 0 bridgehead atoms. The molecule has 2 saturated heterocycles. The Labute approximate surface area is 255 Å². The zero-order valence-corrected chi connectivity index (χ0v) is 25.9. The first kappa shape index (κ1) is 27.8. The number of imidazole rings is 2. The number of nitrogens with one attached hydrogen (secondary N) is 2. The molecule has 2 aliphatic rings. The Kier molecular flexibility index (Phi) is 7.05. The molecule has 2 aliphatic heterocycles. The van der Waals surface area contributed by atoms with Gasteiger partial charge in [0.15, 0.2) is 0 Å². The number of fused-ring (bicyclic) bond motifs is 1. The topological polar surface area (TPSA) is 103 Å². The van der Waals surface area contributed by atoms with Gasteiger partial charge in [0.25, 0.3) is 0 Å². The number of rotatable bonds is 5. The summed E-state index contributed by atoms with van der Waals surface area (Å²) in [5.41, 5.74) is 5.67. The minimum Gasteiger partial charge on any atom is -0.444 e. The molecule has 5 heterocycles. The van der Waals surface area contributed by atoms with E-state index in [-0.39, 0.29) is 12.1 Å². The van der Waals surface area contributed by atoms with Crippen LogP contribution < -0.4 is 0 Å². The number of likely N-dealkylation sites (tertiary alicyclic amines) is 2. The highest BCUT2D eigenvalue weighted by atomic mass is 32.1. The van der Waals surface area contributed by atoms with Crippen molar-refractivity contribution in [3.8, 4) is 33.1 Å². The van der Waals surface area contributed by atoms with Crippen LogP contribution in [0.15, 0.2) is 54.9 Å². The van der Waals surface area contributed by atoms with Crippen molar-refractivity contribution in [1.82, 2.24) is 34.7 Å². The lowest BCUT2D eigenvalue weighted by Gasteiger charge is -2.27. The molecule has 3 aromatic heterocycles. The van der Waals surface area contributed by atoms with E-state index in [9.17, 15) is 4.79 Å². The molecule has 0 aliphatic carbocycles. The van der Waals surface area contributed by atoms with E-state index >= 15 is 0 Å². The van der Waals surface area contributed by atoms with Gasteiger partial charge in [-0.3, -0.25) is 9.80 Å². The highest BCUT2D eigenvalue weighted by molar-refractivity contribution is 7.21. The molecule has 5 aromatic rings. The number of hydrogen-bond acceptors (Lipinski definition) is 7. The average molecular weight is 596 g/mol. The van der Waals surface area contributed by atoms with E-state index in [2.05, 4.69) is 74.3 Å². The fourth-order valence-electron chi connectivity index (χ4n) is 6.16. The standard InChI is InChI=1S/C33H37N7O2S/c1-33(2,3)42-32(41)40-16-6-8-27(40)30-35-19-25(37-30)22-13-14-23-28(17-22)43-31(38-23)21-11-9-20(10-12-21)24-18-34-29(36-24)26-7-5-15-39(26)4/h9-14,17-19,26-27H,5-8,15-16H2,1-4H3,(H,34,36)(H,35,37). The molecule has 2 N–H and O–H groups in total. The second kappa shape index (κ2) is 10.9. The molecule has 2 aromatic carbocycles. The molecule has 2 fully saturated rings. The Bertz CT molecular complexity index is 1760. The molecule has 10 heteroatoms. The van der Waals surface area contributed by atoms with E-state index in [1.807, 2.05) is 33.2 Å². The molecule has 222 valence electrons. The number of amides is 1. The normalized spacial score (nSPS) is 19.5. The van der Waals surface area contributed by atoms with Crippen LogP contribution in [0, 0.1) is 0 Å². The largest absolute Gasteiger partial charge is 0.444 e. The number of hydrogen-bond donors (Lipinski definition) is 2. The van der Waals surface area contributed by atoms with Gasteiger partial charge in [0.2, 0.25) is 0 Å². The van der Waals surface area contributed by atoms with Gasteiger partial charge in [0, 0.05) is 17.7 Å². The third-order valence-corrected chi connectivity index (χ3v) is 9.43. The number of benzene rings is 2. The third-order valence-electron chi connectivity index (χ3n) is 8.37. The lowest BCUT2D eigenvalue weighted by molar-refractivity contribution is 0.0218. The summed E-state index contributed by atoms with van der Waals surface area (Å²) in [6, 6.07) is 15.1. The van der Waals surface area contributed by atoms with Crippen molar-refractivity contribution < 1.29 is 9.53 Å². The molecule has 0 radical (unpaired) electrons. The van der Waals surface area contributed by atoms with E-state index in [0.29, 0.717) is 12.6 Å². The van der Waals surface area contributed by atoms with Gasteiger partial charge < -0.3 is 14.7 Å². The Morgan fingerprint density at radius 3 is 2.21 bits per heavy atom. The molecule has 1 amide bonds. The van der Waals surface area contributed by atoms with Gasteiger partial charge in [-0.25, -0.2) is 19.7 Å². The second-order valence-electron chi connectivity index (χ2n) is 12.6. The van der Waals surface area contributed by atoms with Crippen LogP contribution in [0.2, 0.25) is 0 Å². The van der Waals surface area contributed by atoms with Crippen molar-refractivity contribution in [2.45, 2.75) is 64.1 Å². The summed E-state index contributed by atoms with van der Waals surface area (Å²) < 4.78 is 6.75. The predicted molar refractivity (Wildman–Crippen MR) is 170 cm³/mol. The Morgan fingerprint density at radius 1 is 0.884 bits per heavy atom. The van der Waals surface area contributed by atoms with E-state index in [0.717, 1.165) is 80.8 Å². The maximum atomic E-state index is 12.8. The van der Waals surface area contributed by atoms with Crippen LogP contribution >= 0.6 is 11.3 Å². The van der Waals surface area contributed by atoms with Crippen LogP contribution in [-0.2, 0) is 4.74 Å². The van der Waals surface area contributed by atoms with E-state index in [4.69, 9.17) is 9.72 Å². The fraction of sp³-hybridized carbons (Fsp3) is 0.394. The van der Waals surface area contributed by atoms with Gasteiger partial charge in [0.1, 0.15) is 22.3 Å². The van der Waals surface area contributed by atoms with Crippen LogP contribution in [0.3, 0.4) is 0 Å². The van der Waals surface area contributed by atoms with Crippen molar-refractivity contribution in [3.05, 3.63) is 66.5 Å². The van der Waals surface area contributed by atoms with Gasteiger partial charge in [-0.2, -0.15) is 0 Å². The van der Waals surface area contributed by atoms with Crippen molar-refractivity contribution in [2.75, 3.05) is 20.1 Å². The summed E-state index contributed by atoms with van der Waals surface area (Å²) in [5, 5.41) is 0.987. The quantitative estimate of drug-likeness (QED) is 0.217. The number of aromatic amines is 2. The lowest BCUT2D eigenvalue weighted by Crippen LogP contribution is -2.36. The van der Waals surface area contributed by atoms with Gasteiger partial charge >= 0.3 is 6.09 Å². The molecule has 43 heavy (non-hydrogen) atoms. The maximum absolute atomic E-state index is 12.8. The SMILES string of the molecule is CN1CCCC1c1ncc(-c2ccc(-c3nc4ccc(-c5cnc(C6CCCN6C(=O)OC(C)(C)C)[nH]5)cc4s3)cc2)[nH]1. The van der Waals surface area contributed by atoms with Gasteiger partial charge in [-0.05, 0) is 77.7 Å². The van der Waals surface area contributed by atoms with Crippen LogP contribution in [0.5, 0.6) is 0 Å². The first-order valence-electron chi connectivity index (χ1n) is 15.0. The smallest absolute Gasteiger partial charge is 0.410 e. The number of H-pyrrole nitrogens is 2. The van der Waals surface area contributed by atoms with Crippen molar-refractivity contribution >= 4 is 27.6 Å². The predicted octanol–water partition coefficient (Wildman–Crippen LogP) is 7.58. The number of ether oxygens (including phenoxy) is 1. The summed E-state index contributed by atoms with van der Waals surface area (Å²) in [4.78, 5) is 38.2. The van der Waals surface area contributed by atoms with Gasteiger partial charge in [-0.1, -0.05) is 30.3 Å². The first-order chi connectivity index (χ1) is 20.7. The molecular weight excluding hydrogens is 558 g/mol. The van der Waals surface area contributed by atoms with Crippen molar-refractivity contribution in [3.63, 3.8) is 0 Å². The average Bonchev–Trinajstić information content (AvgIpc) is 3.81. The number of carbonyl (C=O) groups excluding carboxylic acids is 1. The Balaban J connectivity index is 1.08. The van der Waals surface area contributed by atoms with E-state index in [1.165, 1.54) is 6.42 Å².